The van der Waals surface area contributed by atoms with Crippen LogP contribution in [0.15, 0.2) is 17.5 Å². The number of carbonyl (C=O) groups excluding carboxylic acids is 2. The van der Waals surface area contributed by atoms with Crippen molar-refractivity contribution >= 4 is 23.2 Å². The SMILES string of the molecule is COC(=O)C(=O)NCCc1cccs1. The normalized spacial score (nSPS) is 9.50. The Morgan fingerprint density at radius 1 is 1.57 bits per heavy atom. The second-order valence-electron chi connectivity index (χ2n) is 2.58. The maximum atomic E-state index is 10.9. The molecule has 76 valence electrons. The van der Waals surface area contributed by atoms with Crippen LogP contribution in [0.5, 0.6) is 0 Å². The number of carbonyl (C=O) groups is 2. The van der Waals surface area contributed by atoms with Crippen LogP contribution < -0.4 is 5.32 Å². The molecule has 0 fully saturated rings. The van der Waals surface area contributed by atoms with Crippen LogP contribution in [-0.4, -0.2) is 25.5 Å². The van der Waals surface area contributed by atoms with Crippen molar-refractivity contribution in [3.8, 4) is 0 Å². The first kappa shape index (κ1) is 10.7. The van der Waals surface area contributed by atoms with E-state index in [0.29, 0.717) is 6.54 Å². The van der Waals surface area contributed by atoms with Crippen molar-refractivity contribution in [3.05, 3.63) is 22.4 Å². The van der Waals surface area contributed by atoms with E-state index in [4.69, 9.17) is 0 Å². The van der Waals surface area contributed by atoms with Gasteiger partial charge in [0.15, 0.2) is 0 Å². The van der Waals surface area contributed by atoms with Crippen molar-refractivity contribution in [1.82, 2.24) is 5.32 Å². The Morgan fingerprint density at radius 3 is 2.93 bits per heavy atom. The van der Waals surface area contributed by atoms with Crippen molar-refractivity contribution in [1.29, 1.82) is 0 Å². The van der Waals surface area contributed by atoms with E-state index in [1.165, 1.54) is 12.0 Å². The Labute approximate surface area is 85.9 Å². The fourth-order valence-electron chi connectivity index (χ4n) is 0.919. The fraction of sp³-hybridized carbons (Fsp3) is 0.333. The predicted molar refractivity (Wildman–Crippen MR) is 53.0 cm³/mol. The number of amides is 1. The highest BCUT2D eigenvalue weighted by Crippen LogP contribution is 2.07. The van der Waals surface area contributed by atoms with Crippen molar-refractivity contribution in [2.75, 3.05) is 13.7 Å². The van der Waals surface area contributed by atoms with Crippen LogP contribution in [0.25, 0.3) is 0 Å². The third kappa shape index (κ3) is 3.18. The van der Waals surface area contributed by atoms with Crippen molar-refractivity contribution < 1.29 is 14.3 Å². The summed E-state index contributed by atoms with van der Waals surface area (Å²) >= 11 is 1.62. The van der Waals surface area contributed by atoms with Gasteiger partial charge in [-0.15, -0.1) is 11.3 Å². The second-order valence-corrected chi connectivity index (χ2v) is 3.61. The molecule has 0 spiro atoms. The lowest BCUT2D eigenvalue weighted by Gasteiger charge is -2.01. The lowest BCUT2D eigenvalue weighted by molar-refractivity contribution is -0.152. The number of rotatable bonds is 3. The van der Waals surface area contributed by atoms with Crippen molar-refractivity contribution in [2.24, 2.45) is 0 Å². The molecule has 1 aromatic heterocycles. The first-order chi connectivity index (χ1) is 6.74. The summed E-state index contributed by atoms with van der Waals surface area (Å²) in [5.74, 6) is -1.54. The molecule has 0 saturated heterocycles. The van der Waals surface area contributed by atoms with E-state index in [0.717, 1.165) is 6.42 Å². The predicted octanol–water partition coefficient (Wildman–Crippen LogP) is 0.580. The number of esters is 1. The van der Waals surface area contributed by atoms with Gasteiger partial charge in [0.1, 0.15) is 0 Å². The van der Waals surface area contributed by atoms with Gasteiger partial charge in [0.05, 0.1) is 7.11 Å². The van der Waals surface area contributed by atoms with Crippen LogP contribution in [0.1, 0.15) is 4.88 Å². The molecule has 1 rings (SSSR count). The molecule has 5 heteroatoms. The number of ether oxygens (including phenoxy) is 1. The quantitative estimate of drug-likeness (QED) is 0.590. The molecule has 0 bridgehead atoms. The molecule has 0 aliphatic heterocycles. The zero-order valence-corrected chi connectivity index (χ0v) is 8.60. The molecule has 0 aliphatic rings. The first-order valence-electron chi connectivity index (χ1n) is 4.12. The van der Waals surface area contributed by atoms with Crippen LogP contribution >= 0.6 is 11.3 Å². The lowest BCUT2D eigenvalue weighted by Crippen LogP contribution is -2.33. The fourth-order valence-corrected chi connectivity index (χ4v) is 1.63. The second kappa shape index (κ2) is 5.39. The zero-order chi connectivity index (χ0) is 10.4. The molecule has 1 amide bonds. The standard InChI is InChI=1S/C9H11NO3S/c1-13-9(12)8(11)10-5-4-7-3-2-6-14-7/h2-3,6H,4-5H2,1H3,(H,10,11). The number of hydrogen-bond donors (Lipinski definition) is 1. The molecule has 0 radical (unpaired) electrons. The summed E-state index contributed by atoms with van der Waals surface area (Å²) < 4.78 is 4.25. The van der Waals surface area contributed by atoms with Gasteiger partial charge in [-0.1, -0.05) is 6.07 Å². The summed E-state index contributed by atoms with van der Waals surface area (Å²) in [6.07, 6.45) is 0.737. The monoisotopic (exact) mass is 213 g/mol. The van der Waals surface area contributed by atoms with E-state index >= 15 is 0 Å². The minimum Gasteiger partial charge on any atom is -0.462 e. The van der Waals surface area contributed by atoms with Gasteiger partial charge in [0, 0.05) is 11.4 Å². The summed E-state index contributed by atoms with van der Waals surface area (Å²) in [6, 6.07) is 3.93. The molecule has 0 saturated carbocycles. The minimum absolute atomic E-state index is 0.453. The maximum absolute atomic E-state index is 10.9. The smallest absolute Gasteiger partial charge is 0.396 e. The Balaban J connectivity index is 2.22. The van der Waals surface area contributed by atoms with Gasteiger partial charge in [-0.05, 0) is 17.9 Å². The Bertz CT molecular complexity index is 308. The molecule has 1 N–H and O–H groups in total. The molecule has 0 unspecified atom stereocenters. The highest BCUT2D eigenvalue weighted by molar-refractivity contribution is 7.09. The van der Waals surface area contributed by atoms with E-state index in [-0.39, 0.29) is 0 Å². The highest BCUT2D eigenvalue weighted by Gasteiger charge is 2.11. The highest BCUT2D eigenvalue weighted by atomic mass is 32.1. The zero-order valence-electron chi connectivity index (χ0n) is 7.78. The summed E-state index contributed by atoms with van der Waals surface area (Å²) in [5.41, 5.74) is 0. The van der Waals surface area contributed by atoms with Crippen LogP contribution in [0.4, 0.5) is 0 Å². The molecule has 1 aromatic rings. The molecule has 4 nitrogen and oxygen atoms in total. The molecule has 0 aromatic carbocycles. The third-order valence-electron chi connectivity index (χ3n) is 1.61. The van der Waals surface area contributed by atoms with E-state index in [1.807, 2.05) is 17.5 Å². The van der Waals surface area contributed by atoms with Gasteiger partial charge in [-0.2, -0.15) is 0 Å². The molecular weight excluding hydrogens is 202 g/mol. The van der Waals surface area contributed by atoms with E-state index in [2.05, 4.69) is 10.1 Å². The van der Waals surface area contributed by atoms with Gasteiger partial charge in [-0.3, -0.25) is 4.79 Å². The third-order valence-corrected chi connectivity index (χ3v) is 2.54. The molecule has 1 heterocycles. The molecular formula is C9H11NO3S. The maximum Gasteiger partial charge on any atom is 0.396 e. The molecule has 0 aliphatic carbocycles. The van der Waals surface area contributed by atoms with Crippen molar-refractivity contribution in [3.63, 3.8) is 0 Å². The molecule has 0 atom stereocenters. The van der Waals surface area contributed by atoms with Crippen LogP contribution in [-0.2, 0) is 20.7 Å². The summed E-state index contributed by atoms with van der Waals surface area (Å²) in [7, 11) is 1.18. The Kier molecular flexibility index (Phi) is 4.12. The average molecular weight is 213 g/mol. The van der Waals surface area contributed by atoms with Crippen molar-refractivity contribution in [2.45, 2.75) is 6.42 Å². The number of hydrogen-bond acceptors (Lipinski definition) is 4. The number of methoxy groups -OCH3 is 1. The summed E-state index contributed by atoms with van der Waals surface area (Å²) in [6.45, 7) is 0.453. The van der Waals surface area contributed by atoms with Crippen LogP contribution in [0.2, 0.25) is 0 Å². The molecule has 14 heavy (non-hydrogen) atoms. The van der Waals surface area contributed by atoms with Gasteiger partial charge in [-0.25, -0.2) is 4.79 Å². The van der Waals surface area contributed by atoms with E-state index in [1.54, 1.807) is 11.3 Å². The first-order valence-corrected chi connectivity index (χ1v) is 5.00. The van der Waals surface area contributed by atoms with Crippen LogP contribution in [0.3, 0.4) is 0 Å². The minimum atomic E-state index is -0.851. The van der Waals surface area contributed by atoms with Gasteiger partial charge < -0.3 is 10.1 Å². The van der Waals surface area contributed by atoms with Crippen LogP contribution in [0, 0.1) is 0 Å². The van der Waals surface area contributed by atoms with Gasteiger partial charge >= 0.3 is 11.9 Å². The summed E-state index contributed by atoms with van der Waals surface area (Å²) in [4.78, 5) is 22.8. The Hall–Kier alpha value is -1.36. The number of thiophene rings is 1. The van der Waals surface area contributed by atoms with E-state index in [9.17, 15) is 9.59 Å². The average Bonchev–Trinajstić information content (AvgIpc) is 2.69. The largest absolute Gasteiger partial charge is 0.462 e. The summed E-state index contributed by atoms with van der Waals surface area (Å²) in [5, 5.41) is 4.43. The van der Waals surface area contributed by atoms with E-state index < -0.39 is 11.9 Å². The Morgan fingerprint density at radius 2 is 2.36 bits per heavy atom. The number of nitrogens with one attached hydrogen (secondary N) is 1. The topological polar surface area (TPSA) is 55.4 Å². The van der Waals surface area contributed by atoms with Gasteiger partial charge in [0.25, 0.3) is 0 Å². The lowest BCUT2D eigenvalue weighted by atomic mass is 10.3. The van der Waals surface area contributed by atoms with Gasteiger partial charge in [0.2, 0.25) is 0 Å².